The van der Waals surface area contributed by atoms with E-state index in [-0.39, 0.29) is 5.69 Å². The fraction of sp³-hybridized carbons (Fsp3) is 0.167. The first kappa shape index (κ1) is 12.5. The molecule has 8 heteroatoms. The van der Waals surface area contributed by atoms with Crippen molar-refractivity contribution in [2.24, 2.45) is 0 Å². The lowest BCUT2D eigenvalue weighted by Crippen LogP contribution is -2.04. The molecule has 1 aromatic carbocycles. The van der Waals surface area contributed by atoms with Crippen molar-refractivity contribution in [3.05, 3.63) is 44.9 Å². The van der Waals surface area contributed by atoms with Crippen molar-refractivity contribution >= 4 is 34.1 Å². The molecule has 0 saturated carbocycles. The van der Waals surface area contributed by atoms with Gasteiger partial charge >= 0.3 is 0 Å². The second-order valence-electron chi connectivity index (χ2n) is 4.08. The molecule has 0 spiro atoms. The van der Waals surface area contributed by atoms with Crippen LogP contribution in [0.5, 0.6) is 0 Å². The first-order chi connectivity index (χ1) is 9.72. The highest BCUT2D eigenvalue weighted by Crippen LogP contribution is 2.23. The lowest BCUT2D eigenvalue weighted by atomic mass is 10.3. The largest absolute Gasteiger partial charge is 0.423 e. The van der Waals surface area contributed by atoms with Gasteiger partial charge in [0.05, 0.1) is 22.2 Å². The number of oxazole rings is 1. The summed E-state index contributed by atoms with van der Waals surface area (Å²) in [5, 5.41) is 15.7. The smallest absolute Gasteiger partial charge is 0.295 e. The predicted molar refractivity (Wildman–Crippen MR) is 75.0 cm³/mol. The molecular formula is C12H10N4O3S. The number of anilines is 1. The summed E-state index contributed by atoms with van der Waals surface area (Å²) in [6.07, 6.45) is 0.766. The highest BCUT2D eigenvalue weighted by molar-refractivity contribution is 7.07. The summed E-state index contributed by atoms with van der Waals surface area (Å²) in [4.78, 5) is 18.6. The summed E-state index contributed by atoms with van der Waals surface area (Å²) < 4.78 is 5.43. The van der Waals surface area contributed by atoms with Crippen LogP contribution in [0.4, 0.5) is 11.7 Å². The number of nitro groups is 1. The molecule has 2 aromatic heterocycles. The van der Waals surface area contributed by atoms with E-state index < -0.39 is 4.92 Å². The van der Waals surface area contributed by atoms with E-state index in [1.165, 1.54) is 12.1 Å². The number of hydrogen-bond donors (Lipinski definition) is 1. The maximum atomic E-state index is 10.7. The summed E-state index contributed by atoms with van der Waals surface area (Å²) in [5.41, 5.74) is 3.77. The van der Waals surface area contributed by atoms with Crippen molar-refractivity contribution in [1.82, 2.24) is 9.97 Å². The van der Waals surface area contributed by atoms with Crippen LogP contribution >= 0.6 is 11.3 Å². The summed E-state index contributed by atoms with van der Waals surface area (Å²) >= 11 is 1.55. The second kappa shape index (κ2) is 5.25. The molecule has 2 heterocycles. The highest BCUT2D eigenvalue weighted by Gasteiger charge is 2.11. The van der Waals surface area contributed by atoms with Crippen LogP contribution in [0, 0.1) is 10.1 Å². The van der Waals surface area contributed by atoms with E-state index in [4.69, 9.17) is 4.42 Å². The van der Waals surface area contributed by atoms with Crippen molar-refractivity contribution in [1.29, 1.82) is 0 Å². The molecule has 0 amide bonds. The quantitative estimate of drug-likeness (QED) is 0.573. The Morgan fingerprint density at radius 3 is 3.10 bits per heavy atom. The van der Waals surface area contributed by atoms with Gasteiger partial charge in [-0.05, 0) is 6.07 Å². The summed E-state index contributed by atoms with van der Waals surface area (Å²) in [7, 11) is 0. The maximum Gasteiger partial charge on any atom is 0.295 e. The normalized spacial score (nSPS) is 10.8. The van der Waals surface area contributed by atoms with E-state index in [1.54, 1.807) is 22.9 Å². The third kappa shape index (κ3) is 2.59. The zero-order valence-corrected chi connectivity index (χ0v) is 11.1. The monoisotopic (exact) mass is 290 g/mol. The third-order valence-electron chi connectivity index (χ3n) is 2.72. The van der Waals surface area contributed by atoms with E-state index in [1.807, 2.05) is 5.38 Å². The number of hydrogen-bond acceptors (Lipinski definition) is 7. The van der Waals surface area contributed by atoms with Crippen molar-refractivity contribution in [2.75, 3.05) is 11.9 Å². The third-order valence-corrected chi connectivity index (χ3v) is 3.36. The number of non-ortho nitro benzene ring substituents is 1. The maximum absolute atomic E-state index is 10.7. The number of thiazole rings is 1. The SMILES string of the molecule is O=[N+]([O-])c1ccc2nc(NCCc3cscn3)oc2c1. The van der Waals surface area contributed by atoms with Crippen LogP contribution in [0.15, 0.2) is 33.5 Å². The molecule has 0 aliphatic heterocycles. The molecular weight excluding hydrogens is 280 g/mol. The molecule has 20 heavy (non-hydrogen) atoms. The molecule has 0 atom stereocenters. The van der Waals surface area contributed by atoms with Gasteiger partial charge in [0.15, 0.2) is 5.58 Å². The molecule has 102 valence electrons. The van der Waals surface area contributed by atoms with Crippen LogP contribution in [-0.2, 0) is 6.42 Å². The average molecular weight is 290 g/mol. The van der Waals surface area contributed by atoms with Crippen LogP contribution in [0.25, 0.3) is 11.1 Å². The van der Waals surface area contributed by atoms with Crippen LogP contribution in [0.1, 0.15) is 5.69 Å². The van der Waals surface area contributed by atoms with Gasteiger partial charge in [-0.1, -0.05) is 0 Å². The van der Waals surface area contributed by atoms with Gasteiger partial charge in [0.2, 0.25) is 0 Å². The standard InChI is InChI=1S/C12H10N4O3S/c17-16(18)9-1-2-10-11(5-9)19-12(15-10)13-4-3-8-6-20-7-14-8/h1-2,5-7H,3-4H2,(H,13,15). The molecule has 0 radical (unpaired) electrons. The molecule has 7 nitrogen and oxygen atoms in total. The summed E-state index contributed by atoms with van der Waals surface area (Å²) in [6, 6.07) is 4.70. The minimum atomic E-state index is -0.461. The van der Waals surface area contributed by atoms with Gasteiger partial charge in [0.1, 0.15) is 5.52 Å². The van der Waals surface area contributed by atoms with Crippen LogP contribution in [0.2, 0.25) is 0 Å². The topological polar surface area (TPSA) is 94.1 Å². The zero-order chi connectivity index (χ0) is 13.9. The van der Waals surface area contributed by atoms with Crippen molar-refractivity contribution in [2.45, 2.75) is 6.42 Å². The first-order valence-corrected chi connectivity index (χ1v) is 6.82. The zero-order valence-electron chi connectivity index (χ0n) is 10.3. The van der Waals surface area contributed by atoms with Crippen LogP contribution < -0.4 is 5.32 Å². The summed E-state index contributed by atoms with van der Waals surface area (Å²) in [6.45, 7) is 0.638. The van der Waals surface area contributed by atoms with E-state index in [0.717, 1.165) is 12.1 Å². The molecule has 0 aliphatic carbocycles. The Bertz CT molecular complexity index is 738. The number of nitrogens with one attached hydrogen (secondary N) is 1. The van der Waals surface area contributed by atoms with Gasteiger partial charge in [0.25, 0.3) is 11.7 Å². The number of fused-ring (bicyclic) bond motifs is 1. The molecule has 1 N–H and O–H groups in total. The van der Waals surface area contributed by atoms with Gasteiger partial charge in [-0.25, -0.2) is 4.98 Å². The Morgan fingerprint density at radius 2 is 2.35 bits per heavy atom. The minimum Gasteiger partial charge on any atom is -0.423 e. The highest BCUT2D eigenvalue weighted by atomic mass is 32.1. The van der Waals surface area contributed by atoms with Gasteiger partial charge in [0, 0.05) is 24.4 Å². The number of nitrogens with zero attached hydrogens (tertiary/aromatic N) is 3. The van der Waals surface area contributed by atoms with Crippen LogP contribution in [0.3, 0.4) is 0 Å². The van der Waals surface area contributed by atoms with Gasteiger partial charge in [-0.3, -0.25) is 10.1 Å². The number of benzene rings is 1. The van der Waals surface area contributed by atoms with Crippen molar-refractivity contribution < 1.29 is 9.34 Å². The molecule has 0 fully saturated rings. The Hall–Kier alpha value is -2.48. The Balaban J connectivity index is 1.70. The average Bonchev–Trinajstić information content (AvgIpc) is 3.06. The molecule has 3 rings (SSSR count). The summed E-state index contributed by atoms with van der Waals surface area (Å²) in [5.74, 6) is 0. The number of aromatic nitrogens is 2. The fourth-order valence-corrected chi connectivity index (χ4v) is 2.35. The number of rotatable bonds is 5. The molecule has 0 bridgehead atoms. The van der Waals surface area contributed by atoms with E-state index in [2.05, 4.69) is 15.3 Å². The predicted octanol–water partition coefficient (Wildman–Crippen LogP) is 2.85. The van der Waals surface area contributed by atoms with Crippen LogP contribution in [-0.4, -0.2) is 21.4 Å². The number of nitro benzene ring substituents is 1. The van der Waals surface area contributed by atoms with Gasteiger partial charge < -0.3 is 9.73 Å². The fourth-order valence-electron chi connectivity index (χ4n) is 1.76. The lowest BCUT2D eigenvalue weighted by molar-refractivity contribution is -0.384. The molecule has 0 saturated heterocycles. The van der Waals surface area contributed by atoms with E-state index in [9.17, 15) is 10.1 Å². The Kier molecular flexibility index (Phi) is 3.30. The first-order valence-electron chi connectivity index (χ1n) is 5.88. The van der Waals surface area contributed by atoms with Gasteiger partial charge in [-0.15, -0.1) is 11.3 Å². The lowest BCUT2D eigenvalue weighted by Gasteiger charge is -1.98. The molecule has 3 aromatic rings. The van der Waals surface area contributed by atoms with Crippen molar-refractivity contribution in [3.8, 4) is 0 Å². The molecule has 0 unspecified atom stereocenters. The van der Waals surface area contributed by atoms with Crippen molar-refractivity contribution in [3.63, 3.8) is 0 Å². The second-order valence-corrected chi connectivity index (χ2v) is 4.80. The minimum absolute atomic E-state index is 0.0114. The van der Waals surface area contributed by atoms with E-state index in [0.29, 0.717) is 23.7 Å². The van der Waals surface area contributed by atoms with Gasteiger partial charge in [-0.2, -0.15) is 4.98 Å². The molecule has 0 aliphatic rings. The van der Waals surface area contributed by atoms with E-state index >= 15 is 0 Å². The Morgan fingerprint density at radius 1 is 1.45 bits per heavy atom. The Labute approximate surface area is 117 Å².